The van der Waals surface area contributed by atoms with Gasteiger partial charge in [-0.25, -0.2) is 0 Å². The minimum absolute atomic E-state index is 0. The molecule has 2 saturated heterocycles. The van der Waals surface area contributed by atoms with Gasteiger partial charge in [0, 0.05) is 19.6 Å². The van der Waals surface area contributed by atoms with Gasteiger partial charge in [0.05, 0.1) is 6.61 Å². The summed E-state index contributed by atoms with van der Waals surface area (Å²) in [5, 5.41) is 3.09. The summed E-state index contributed by atoms with van der Waals surface area (Å²) in [4.78, 5) is 24.8. The SMILES string of the molecule is Cl.NC(=O)C1CCCN1C(=O)C1CNCCO1. The molecule has 0 saturated carbocycles. The van der Waals surface area contributed by atoms with E-state index in [2.05, 4.69) is 5.32 Å². The molecule has 2 aliphatic heterocycles. The van der Waals surface area contributed by atoms with Crippen LogP contribution in [0, 0.1) is 0 Å². The van der Waals surface area contributed by atoms with E-state index in [0.29, 0.717) is 26.1 Å². The molecule has 17 heavy (non-hydrogen) atoms. The molecule has 2 unspecified atom stereocenters. The molecule has 2 atom stereocenters. The van der Waals surface area contributed by atoms with Gasteiger partial charge in [-0.05, 0) is 12.8 Å². The van der Waals surface area contributed by atoms with Gasteiger partial charge in [0.2, 0.25) is 5.91 Å². The highest BCUT2D eigenvalue weighted by Gasteiger charge is 2.36. The summed E-state index contributed by atoms with van der Waals surface area (Å²) in [5.41, 5.74) is 5.27. The van der Waals surface area contributed by atoms with Crippen LogP contribution in [0.2, 0.25) is 0 Å². The van der Waals surface area contributed by atoms with E-state index in [4.69, 9.17) is 10.5 Å². The first-order chi connectivity index (χ1) is 7.70. The van der Waals surface area contributed by atoms with E-state index >= 15 is 0 Å². The van der Waals surface area contributed by atoms with Crippen molar-refractivity contribution >= 4 is 24.2 Å². The second-order valence-electron chi connectivity index (χ2n) is 4.16. The first-order valence-electron chi connectivity index (χ1n) is 5.62. The third-order valence-corrected chi connectivity index (χ3v) is 3.07. The number of carbonyl (C=O) groups is 2. The van der Waals surface area contributed by atoms with Crippen molar-refractivity contribution in [2.24, 2.45) is 5.73 Å². The fourth-order valence-corrected chi connectivity index (χ4v) is 2.24. The van der Waals surface area contributed by atoms with E-state index in [9.17, 15) is 9.59 Å². The van der Waals surface area contributed by atoms with E-state index in [-0.39, 0.29) is 18.3 Å². The molecule has 2 rings (SSSR count). The molecule has 3 N–H and O–H groups in total. The van der Waals surface area contributed by atoms with E-state index in [1.54, 1.807) is 4.90 Å². The fourth-order valence-electron chi connectivity index (χ4n) is 2.24. The summed E-state index contributed by atoms with van der Waals surface area (Å²) >= 11 is 0. The molecule has 2 aliphatic rings. The lowest BCUT2D eigenvalue weighted by molar-refractivity contribution is -0.148. The van der Waals surface area contributed by atoms with Gasteiger partial charge < -0.3 is 20.7 Å². The Hall–Kier alpha value is -0.850. The lowest BCUT2D eigenvalue weighted by Crippen LogP contribution is -2.53. The van der Waals surface area contributed by atoms with Crippen molar-refractivity contribution in [2.75, 3.05) is 26.2 Å². The number of hydrogen-bond acceptors (Lipinski definition) is 4. The minimum Gasteiger partial charge on any atom is -0.368 e. The minimum atomic E-state index is -0.464. The normalized spacial score (nSPS) is 28.6. The number of rotatable bonds is 2. The average Bonchev–Trinajstić information content (AvgIpc) is 2.78. The van der Waals surface area contributed by atoms with Gasteiger partial charge in [-0.2, -0.15) is 0 Å². The zero-order valence-electron chi connectivity index (χ0n) is 9.55. The third-order valence-electron chi connectivity index (χ3n) is 3.07. The van der Waals surface area contributed by atoms with Crippen LogP contribution < -0.4 is 11.1 Å². The Labute approximate surface area is 106 Å². The van der Waals surface area contributed by atoms with Crippen molar-refractivity contribution < 1.29 is 14.3 Å². The topological polar surface area (TPSA) is 84.7 Å². The number of halogens is 1. The molecular weight excluding hydrogens is 246 g/mol. The number of amides is 2. The Morgan fingerprint density at radius 2 is 2.18 bits per heavy atom. The maximum absolute atomic E-state index is 12.1. The Balaban J connectivity index is 0.00000144. The number of hydrogen-bond donors (Lipinski definition) is 2. The van der Waals surface area contributed by atoms with Crippen molar-refractivity contribution in [2.45, 2.75) is 25.0 Å². The van der Waals surface area contributed by atoms with Gasteiger partial charge in [-0.3, -0.25) is 9.59 Å². The van der Waals surface area contributed by atoms with Crippen molar-refractivity contribution in [1.29, 1.82) is 0 Å². The quantitative estimate of drug-likeness (QED) is 0.661. The highest BCUT2D eigenvalue weighted by Crippen LogP contribution is 2.18. The van der Waals surface area contributed by atoms with Gasteiger partial charge >= 0.3 is 0 Å². The van der Waals surface area contributed by atoms with Crippen molar-refractivity contribution in [3.8, 4) is 0 Å². The third kappa shape index (κ3) is 3.08. The van der Waals surface area contributed by atoms with Crippen molar-refractivity contribution in [1.82, 2.24) is 10.2 Å². The molecule has 0 aromatic heterocycles. The molecule has 0 aliphatic carbocycles. The number of morpholine rings is 1. The Kier molecular flexibility index (Phi) is 5.17. The van der Waals surface area contributed by atoms with E-state index in [0.717, 1.165) is 13.0 Å². The summed E-state index contributed by atoms with van der Waals surface area (Å²) in [5.74, 6) is -0.539. The summed E-state index contributed by atoms with van der Waals surface area (Å²) in [6.45, 7) is 2.42. The molecular formula is C10H18ClN3O3. The molecule has 0 aromatic rings. The lowest BCUT2D eigenvalue weighted by atomic mass is 10.2. The fraction of sp³-hybridized carbons (Fsp3) is 0.800. The highest BCUT2D eigenvalue weighted by atomic mass is 35.5. The van der Waals surface area contributed by atoms with Gasteiger partial charge in [0.25, 0.3) is 5.91 Å². The molecule has 98 valence electrons. The van der Waals surface area contributed by atoms with Crippen LogP contribution in [0.1, 0.15) is 12.8 Å². The molecule has 2 amide bonds. The predicted octanol–water partition coefficient (Wildman–Crippen LogP) is -1.13. The van der Waals surface area contributed by atoms with E-state index < -0.39 is 18.1 Å². The summed E-state index contributed by atoms with van der Waals surface area (Å²) in [7, 11) is 0. The number of nitrogens with zero attached hydrogens (tertiary/aromatic N) is 1. The molecule has 7 heteroatoms. The number of nitrogens with one attached hydrogen (secondary N) is 1. The smallest absolute Gasteiger partial charge is 0.253 e. The Morgan fingerprint density at radius 3 is 2.76 bits per heavy atom. The predicted molar refractivity (Wildman–Crippen MR) is 63.8 cm³/mol. The number of ether oxygens (including phenoxy) is 1. The van der Waals surface area contributed by atoms with Crippen LogP contribution >= 0.6 is 12.4 Å². The van der Waals surface area contributed by atoms with E-state index in [1.807, 2.05) is 0 Å². The zero-order valence-corrected chi connectivity index (χ0v) is 10.4. The number of carbonyl (C=O) groups excluding carboxylic acids is 2. The average molecular weight is 264 g/mol. The molecule has 2 heterocycles. The lowest BCUT2D eigenvalue weighted by Gasteiger charge is -2.29. The highest BCUT2D eigenvalue weighted by molar-refractivity contribution is 5.89. The van der Waals surface area contributed by atoms with Crippen LogP contribution in [-0.4, -0.2) is 55.1 Å². The standard InChI is InChI=1S/C10H17N3O3.ClH/c11-9(14)7-2-1-4-13(7)10(15)8-6-12-3-5-16-8;/h7-8,12H,1-6H2,(H2,11,14);1H. The van der Waals surface area contributed by atoms with Gasteiger partial charge in [0.1, 0.15) is 12.1 Å². The molecule has 0 aromatic carbocycles. The molecule has 6 nitrogen and oxygen atoms in total. The van der Waals surface area contributed by atoms with Crippen LogP contribution in [0.5, 0.6) is 0 Å². The number of likely N-dealkylation sites (tertiary alicyclic amines) is 1. The van der Waals surface area contributed by atoms with Crippen LogP contribution in [-0.2, 0) is 14.3 Å². The van der Waals surface area contributed by atoms with Gasteiger partial charge in [0.15, 0.2) is 0 Å². The van der Waals surface area contributed by atoms with Crippen LogP contribution in [0.15, 0.2) is 0 Å². The van der Waals surface area contributed by atoms with Gasteiger partial charge in [-0.1, -0.05) is 0 Å². The van der Waals surface area contributed by atoms with Crippen LogP contribution in [0.4, 0.5) is 0 Å². The van der Waals surface area contributed by atoms with Crippen molar-refractivity contribution in [3.63, 3.8) is 0 Å². The monoisotopic (exact) mass is 263 g/mol. The second kappa shape index (κ2) is 6.18. The summed E-state index contributed by atoms with van der Waals surface area (Å²) in [6, 6.07) is -0.446. The first kappa shape index (κ1) is 14.2. The Morgan fingerprint density at radius 1 is 1.41 bits per heavy atom. The van der Waals surface area contributed by atoms with Crippen molar-refractivity contribution in [3.05, 3.63) is 0 Å². The largest absolute Gasteiger partial charge is 0.368 e. The maximum atomic E-state index is 12.1. The molecule has 0 spiro atoms. The van der Waals surface area contributed by atoms with Crippen LogP contribution in [0.3, 0.4) is 0 Å². The second-order valence-corrected chi connectivity index (χ2v) is 4.16. The molecule has 2 fully saturated rings. The zero-order chi connectivity index (χ0) is 11.5. The molecule has 0 bridgehead atoms. The maximum Gasteiger partial charge on any atom is 0.253 e. The van der Waals surface area contributed by atoms with E-state index in [1.165, 1.54) is 0 Å². The van der Waals surface area contributed by atoms with Crippen LogP contribution in [0.25, 0.3) is 0 Å². The van der Waals surface area contributed by atoms with Gasteiger partial charge in [-0.15, -0.1) is 12.4 Å². The number of nitrogens with two attached hydrogens (primary N) is 1. The Bertz CT molecular complexity index is 295. The summed E-state index contributed by atoms with van der Waals surface area (Å²) in [6.07, 6.45) is 1.04. The summed E-state index contributed by atoms with van der Waals surface area (Å²) < 4.78 is 5.37. The molecule has 0 radical (unpaired) electrons. The first-order valence-corrected chi connectivity index (χ1v) is 5.62. The number of primary amides is 1.